The highest BCUT2D eigenvalue weighted by molar-refractivity contribution is 6.23. The van der Waals surface area contributed by atoms with Crippen LogP contribution < -0.4 is 5.73 Å². The second-order valence-electron chi connectivity index (χ2n) is 10.8. The molecule has 208 valence electrons. The average molecular weight is 556 g/mol. The van der Waals surface area contributed by atoms with Crippen molar-refractivity contribution in [2.75, 3.05) is 0 Å². The van der Waals surface area contributed by atoms with Crippen LogP contribution in [0, 0.1) is 11.8 Å². The number of hydrogen-bond donors (Lipinski definition) is 6. The van der Waals surface area contributed by atoms with Gasteiger partial charge in [0.05, 0.1) is 11.7 Å². The van der Waals surface area contributed by atoms with Gasteiger partial charge in [-0.3, -0.25) is 19.2 Å². The largest absolute Gasteiger partial charge is 0.508 e. The molecule has 3 aromatic rings. The molecule has 5 atom stereocenters. The van der Waals surface area contributed by atoms with E-state index < -0.39 is 76.0 Å². The van der Waals surface area contributed by atoms with E-state index in [1.807, 2.05) is 6.07 Å². The normalized spacial score (nSPS) is 27.4. The van der Waals surface area contributed by atoms with Gasteiger partial charge in [-0.2, -0.15) is 0 Å². The number of primary amides is 1. The number of phenols is 1. The quantitative estimate of drug-likeness (QED) is 0.208. The molecule has 3 aromatic carbocycles. The van der Waals surface area contributed by atoms with Crippen LogP contribution >= 0.6 is 0 Å². The van der Waals surface area contributed by atoms with E-state index in [4.69, 9.17) is 5.73 Å². The zero-order valence-corrected chi connectivity index (χ0v) is 21.7. The van der Waals surface area contributed by atoms with Crippen molar-refractivity contribution >= 4 is 40.3 Å². The Labute approximate surface area is 232 Å². The van der Waals surface area contributed by atoms with Gasteiger partial charge in [0, 0.05) is 29.4 Å². The van der Waals surface area contributed by atoms with Crippen molar-refractivity contribution in [2.24, 2.45) is 17.6 Å². The molecule has 0 saturated heterocycles. The van der Waals surface area contributed by atoms with Crippen LogP contribution in [-0.4, -0.2) is 61.0 Å². The molecule has 0 spiro atoms. The third-order valence-corrected chi connectivity index (χ3v) is 8.85. The minimum atomic E-state index is -2.90. The number of nitrogens with two attached hydrogens (primary N) is 1. The Morgan fingerprint density at radius 2 is 1.66 bits per heavy atom. The summed E-state index contributed by atoms with van der Waals surface area (Å²) in [6.07, 6.45) is -1.55. The molecular weight excluding hydrogens is 530 g/mol. The molecule has 10 nitrogen and oxygen atoms in total. The first-order chi connectivity index (χ1) is 19.4. The lowest BCUT2D eigenvalue weighted by molar-refractivity contribution is -0.160. The average Bonchev–Trinajstić information content (AvgIpc) is 2.94. The van der Waals surface area contributed by atoms with Gasteiger partial charge in [0.25, 0.3) is 5.91 Å². The predicted molar refractivity (Wildman–Crippen MR) is 146 cm³/mol. The van der Waals surface area contributed by atoms with E-state index in [2.05, 4.69) is 0 Å². The van der Waals surface area contributed by atoms with Crippen molar-refractivity contribution in [3.8, 4) is 16.9 Å². The standard InChI is InChI=1S/C31H25NO9/c1-12-21-17(16-7-6-13(11-33)14-4-2-3-5-15(14)16)8-9-19(34)23(21)27(37)25-22(12)26(36)18-10-20(35)24(30(32)40)28(38)31(18,41)29(25)39/h2-9,11-12,18,22,26,34,36-38,41H,10H2,1H3,(H2,32,40). The van der Waals surface area contributed by atoms with Gasteiger partial charge in [-0.1, -0.05) is 49.4 Å². The summed E-state index contributed by atoms with van der Waals surface area (Å²) in [5.74, 6) is -9.30. The van der Waals surface area contributed by atoms with Gasteiger partial charge >= 0.3 is 0 Å². The molecule has 1 amide bonds. The maximum Gasteiger partial charge on any atom is 0.255 e. The lowest BCUT2D eigenvalue weighted by Gasteiger charge is -2.50. The Kier molecular flexibility index (Phi) is 5.70. The topological polar surface area (TPSA) is 195 Å². The number of carbonyl (C=O) groups excluding carboxylic acids is 4. The van der Waals surface area contributed by atoms with Gasteiger partial charge in [0.15, 0.2) is 17.7 Å². The van der Waals surface area contributed by atoms with Gasteiger partial charge in [-0.25, -0.2) is 0 Å². The SMILES string of the molecule is CC1c2c(-c3ccc(C=O)c4ccccc34)ccc(O)c2C(O)=C2C(=O)C3(O)C(O)=C(C(N)=O)C(=O)CC3C(O)C21. The van der Waals surface area contributed by atoms with E-state index in [1.165, 1.54) is 6.07 Å². The van der Waals surface area contributed by atoms with E-state index in [1.54, 1.807) is 43.3 Å². The molecular formula is C31H25NO9. The number of aliphatic hydroxyl groups excluding tert-OH is 3. The van der Waals surface area contributed by atoms with Gasteiger partial charge < -0.3 is 31.3 Å². The Morgan fingerprint density at radius 3 is 2.32 bits per heavy atom. The molecule has 3 aliphatic rings. The third kappa shape index (κ3) is 3.31. The molecule has 10 heteroatoms. The smallest absolute Gasteiger partial charge is 0.255 e. The van der Waals surface area contributed by atoms with E-state index in [-0.39, 0.29) is 11.3 Å². The second kappa shape index (κ2) is 8.85. The number of rotatable bonds is 3. The highest BCUT2D eigenvalue weighted by atomic mass is 16.4. The molecule has 1 saturated carbocycles. The molecule has 0 heterocycles. The van der Waals surface area contributed by atoms with E-state index in [0.29, 0.717) is 33.0 Å². The van der Waals surface area contributed by atoms with Crippen LogP contribution in [0.15, 0.2) is 65.4 Å². The summed E-state index contributed by atoms with van der Waals surface area (Å²) in [5, 5.41) is 57.6. The monoisotopic (exact) mass is 555 g/mol. The number of aldehydes is 1. The van der Waals surface area contributed by atoms with E-state index >= 15 is 0 Å². The number of aromatic hydroxyl groups is 1. The number of carbonyl (C=O) groups is 4. The molecule has 0 aliphatic heterocycles. The van der Waals surface area contributed by atoms with Crippen LogP contribution in [0.4, 0.5) is 0 Å². The number of ketones is 2. The number of fused-ring (bicyclic) bond motifs is 4. The van der Waals surface area contributed by atoms with Crippen LogP contribution in [0.2, 0.25) is 0 Å². The van der Waals surface area contributed by atoms with Crippen LogP contribution in [0.5, 0.6) is 5.75 Å². The maximum absolute atomic E-state index is 13.9. The van der Waals surface area contributed by atoms with Crippen LogP contribution in [0.1, 0.15) is 40.7 Å². The molecule has 6 rings (SSSR count). The summed E-state index contributed by atoms with van der Waals surface area (Å²) in [5.41, 5.74) is 2.93. The summed E-state index contributed by atoms with van der Waals surface area (Å²) in [6.45, 7) is 1.68. The Balaban J connectivity index is 1.64. The van der Waals surface area contributed by atoms with Crippen molar-refractivity contribution in [1.82, 2.24) is 0 Å². The summed E-state index contributed by atoms with van der Waals surface area (Å²) in [6, 6.07) is 13.6. The van der Waals surface area contributed by atoms with Crippen LogP contribution in [-0.2, 0) is 14.4 Å². The van der Waals surface area contributed by atoms with Gasteiger partial charge in [0.2, 0.25) is 5.78 Å². The molecule has 41 heavy (non-hydrogen) atoms. The zero-order chi connectivity index (χ0) is 29.5. The van der Waals surface area contributed by atoms with E-state index in [9.17, 15) is 44.7 Å². The molecule has 0 bridgehead atoms. The lowest BCUT2D eigenvalue weighted by Crippen LogP contribution is -2.63. The first kappa shape index (κ1) is 26.4. The van der Waals surface area contributed by atoms with Gasteiger partial charge in [-0.05, 0) is 39.4 Å². The van der Waals surface area contributed by atoms with Crippen molar-refractivity contribution in [3.05, 3.63) is 82.1 Å². The highest BCUT2D eigenvalue weighted by Gasteiger charge is 2.65. The number of phenolic OH excluding ortho intramolecular Hbond substituents is 1. The Morgan fingerprint density at radius 1 is 1.00 bits per heavy atom. The highest BCUT2D eigenvalue weighted by Crippen LogP contribution is 2.57. The maximum atomic E-state index is 13.9. The number of aliphatic hydroxyl groups is 4. The van der Waals surface area contributed by atoms with Gasteiger partial charge in [0.1, 0.15) is 22.8 Å². The van der Waals surface area contributed by atoms with Crippen molar-refractivity contribution in [3.63, 3.8) is 0 Å². The number of hydrogen-bond acceptors (Lipinski definition) is 9. The Bertz CT molecular complexity index is 1800. The molecule has 7 N–H and O–H groups in total. The minimum Gasteiger partial charge on any atom is -0.508 e. The van der Waals surface area contributed by atoms with Crippen LogP contribution in [0.25, 0.3) is 27.7 Å². The predicted octanol–water partition coefficient (Wildman–Crippen LogP) is 2.59. The van der Waals surface area contributed by atoms with Crippen molar-refractivity contribution in [1.29, 1.82) is 0 Å². The Hall–Kier alpha value is -4.80. The van der Waals surface area contributed by atoms with E-state index in [0.717, 1.165) is 6.29 Å². The summed E-state index contributed by atoms with van der Waals surface area (Å²) < 4.78 is 0. The number of benzene rings is 3. The number of Topliss-reactive ketones (excluding diaryl/α,β-unsaturated/α-hetero) is 2. The second-order valence-corrected chi connectivity index (χ2v) is 10.8. The fraction of sp³-hybridized carbons (Fsp3) is 0.226. The third-order valence-electron chi connectivity index (χ3n) is 8.85. The zero-order valence-electron chi connectivity index (χ0n) is 21.7. The minimum absolute atomic E-state index is 0.0992. The molecule has 1 fully saturated rings. The van der Waals surface area contributed by atoms with Crippen molar-refractivity contribution in [2.45, 2.75) is 31.0 Å². The van der Waals surface area contributed by atoms with Crippen molar-refractivity contribution < 1.29 is 44.7 Å². The number of amides is 1. The summed E-state index contributed by atoms with van der Waals surface area (Å²) >= 11 is 0. The first-order valence-corrected chi connectivity index (χ1v) is 12.9. The molecule has 3 aliphatic carbocycles. The molecule has 5 unspecified atom stereocenters. The van der Waals surface area contributed by atoms with Crippen LogP contribution in [0.3, 0.4) is 0 Å². The molecule has 0 aromatic heterocycles. The lowest BCUT2D eigenvalue weighted by atomic mass is 9.55. The molecule has 0 radical (unpaired) electrons. The first-order valence-electron chi connectivity index (χ1n) is 12.9. The summed E-state index contributed by atoms with van der Waals surface area (Å²) in [4.78, 5) is 50.1. The fourth-order valence-corrected chi connectivity index (χ4v) is 6.97. The fourth-order valence-electron chi connectivity index (χ4n) is 6.97. The summed E-state index contributed by atoms with van der Waals surface area (Å²) in [7, 11) is 0. The van der Waals surface area contributed by atoms with Gasteiger partial charge in [-0.15, -0.1) is 0 Å².